The van der Waals surface area contributed by atoms with E-state index in [9.17, 15) is 9.59 Å². The quantitative estimate of drug-likeness (QED) is 0.880. The Morgan fingerprint density at radius 2 is 1.76 bits per heavy atom. The maximum atomic E-state index is 11.5. The van der Waals surface area contributed by atoms with Gasteiger partial charge in [0.1, 0.15) is 0 Å². The highest BCUT2D eigenvalue weighted by Gasteiger charge is 2.39. The summed E-state index contributed by atoms with van der Waals surface area (Å²) in [5.41, 5.74) is 12.0. The van der Waals surface area contributed by atoms with Gasteiger partial charge in [0, 0.05) is 24.3 Å². The number of fused-ring (bicyclic) bond motifs is 1. The summed E-state index contributed by atoms with van der Waals surface area (Å²) in [5, 5.41) is 3.35. The lowest BCUT2D eigenvalue weighted by atomic mass is 9.95. The van der Waals surface area contributed by atoms with Crippen LogP contribution < -0.4 is 11.5 Å². The SMILES string of the molecule is NC(=O)C1CN(Cc2csc3ccccc23)CC1C(N)=O. The van der Waals surface area contributed by atoms with Crippen LogP contribution in [0.15, 0.2) is 29.6 Å². The maximum absolute atomic E-state index is 11.5. The van der Waals surface area contributed by atoms with Crippen molar-refractivity contribution >= 4 is 33.2 Å². The summed E-state index contributed by atoms with van der Waals surface area (Å²) < 4.78 is 1.24. The molecule has 2 aromatic rings. The van der Waals surface area contributed by atoms with Gasteiger partial charge in [-0.25, -0.2) is 0 Å². The van der Waals surface area contributed by atoms with Crippen molar-refractivity contribution in [2.75, 3.05) is 13.1 Å². The van der Waals surface area contributed by atoms with Gasteiger partial charge < -0.3 is 11.5 Å². The largest absolute Gasteiger partial charge is 0.369 e. The van der Waals surface area contributed by atoms with Crippen LogP contribution in [0, 0.1) is 11.8 Å². The van der Waals surface area contributed by atoms with Crippen LogP contribution in [0.25, 0.3) is 10.1 Å². The van der Waals surface area contributed by atoms with Gasteiger partial charge in [0.25, 0.3) is 0 Å². The number of likely N-dealkylation sites (tertiary alicyclic amines) is 1. The first kappa shape index (κ1) is 14.0. The summed E-state index contributed by atoms with van der Waals surface area (Å²) in [4.78, 5) is 25.0. The van der Waals surface area contributed by atoms with Crippen LogP contribution in [-0.2, 0) is 16.1 Å². The van der Waals surface area contributed by atoms with E-state index in [2.05, 4.69) is 22.4 Å². The molecular weight excluding hydrogens is 286 g/mol. The Morgan fingerprint density at radius 3 is 2.38 bits per heavy atom. The van der Waals surface area contributed by atoms with Crippen molar-refractivity contribution in [2.45, 2.75) is 6.54 Å². The fourth-order valence-electron chi connectivity index (χ4n) is 2.99. The van der Waals surface area contributed by atoms with Crippen LogP contribution in [-0.4, -0.2) is 29.8 Å². The van der Waals surface area contributed by atoms with Crippen LogP contribution in [0.4, 0.5) is 0 Å². The number of nitrogens with two attached hydrogens (primary N) is 2. The molecule has 3 rings (SSSR count). The van der Waals surface area contributed by atoms with Gasteiger partial charge in [-0.2, -0.15) is 0 Å². The van der Waals surface area contributed by atoms with Crippen LogP contribution in [0.2, 0.25) is 0 Å². The molecule has 2 amide bonds. The smallest absolute Gasteiger partial charge is 0.222 e. The molecule has 0 bridgehead atoms. The number of nitrogens with zero attached hydrogens (tertiary/aromatic N) is 1. The number of amides is 2. The minimum absolute atomic E-state index is 0.448. The summed E-state index contributed by atoms with van der Waals surface area (Å²) in [7, 11) is 0. The number of hydrogen-bond acceptors (Lipinski definition) is 4. The Labute approximate surface area is 126 Å². The Morgan fingerprint density at radius 1 is 1.14 bits per heavy atom. The van der Waals surface area contributed by atoms with E-state index in [0.29, 0.717) is 19.6 Å². The van der Waals surface area contributed by atoms with Crippen molar-refractivity contribution in [3.8, 4) is 0 Å². The summed E-state index contributed by atoms with van der Waals surface area (Å²) in [5.74, 6) is -1.85. The van der Waals surface area contributed by atoms with Crippen LogP contribution in [0.3, 0.4) is 0 Å². The molecule has 21 heavy (non-hydrogen) atoms. The topological polar surface area (TPSA) is 89.4 Å². The van der Waals surface area contributed by atoms with Gasteiger partial charge in [0.2, 0.25) is 11.8 Å². The van der Waals surface area contributed by atoms with Crippen molar-refractivity contribution in [3.05, 3.63) is 35.2 Å². The molecule has 0 saturated carbocycles. The first-order chi connectivity index (χ1) is 10.1. The minimum atomic E-state index is -0.479. The first-order valence-electron chi connectivity index (χ1n) is 6.82. The number of primary amides is 2. The lowest BCUT2D eigenvalue weighted by Gasteiger charge is -2.14. The van der Waals surface area contributed by atoms with E-state index in [1.165, 1.54) is 15.6 Å². The summed E-state index contributed by atoms with van der Waals surface area (Å²) in [6, 6.07) is 8.21. The molecule has 0 aliphatic carbocycles. The fourth-order valence-corrected chi connectivity index (χ4v) is 3.94. The molecule has 1 aliphatic heterocycles. The lowest BCUT2D eigenvalue weighted by molar-refractivity contribution is -0.129. The number of benzene rings is 1. The second-order valence-electron chi connectivity index (χ2n) is 5.47. The molecule has 1 aromatic carbocycles. The van der Waals surface area contributed by atoms with Crippen LogP contribution >= 0.6 is 11.3 Å². The molecule has 5 nitrogen and oxygen atoms in total. The van der Waals surface area contributed by atoms with Gasteiger partial charge in [-0.05, 0) is 22.4 Å². The molecule has 0 spiro atoms. The highest BCUT2D eigenvalue weighted by Crippen LogP contribution is 2.30. The Hall–Kier alpha value is -1.92. The summed E-state index contributed by atoms with van der Waals surface area (Å²) >= 11 is 1.70. The predicted octanol–water partition coefficient (Wildman–Crippen LogP) is 0.920. The number of thiophene rings is 1. The van der Waals surface area contributed by atoms with Crippen molar-refractivity contribution < 1.29 is 9.59 Å². The number of rotatable bonds is 4. The molecule has 0 radical (unpaired) electrons. The van der Waals surface area contributed by atoms with E-state index >= 15 is 0 Å². The maximum Gasteiger partial charge on any atom is 0.222 e. The van der Waals surface area contributed by atoms with Gasteiger partial charge in [0.15, 0.2) is 0 Å². The Bertz CT molecular complexity index is 675. The molecule has 1 fully saturated rings. The lowest BCUT2D eigenvalue weighted by Crippen LogP contribution is -2.36. The fraction of sp³-hybridized carbons (Fsp3) is 0.333. The van der Waals surface area contributed by atoms with Crippen molar-refractivity contribution in [1.82, 2.24) is 4.90 Å². The number of carbonyl (C=O) groups excluding carboxylic acids is 2. The third-order valence-electron chi connectivity index (χ3n) is 4.08. The van der Waals surface area contributed by atoms with Crippen molar-refractivity contribution in [1.29, 1.82) is 0 Å². The van der Waals surface area contributed by atoms with Crippen LogP contribution in [0.5, 0.6) is 0 Å². The van der Waals surface area contributed by atoms with Gasteiger partial charge in [0.05, 0.1) is 11.8 Å². The molecular formula is C15H17N3O2S. The average Bonchev–Trinajstić information content (AvgIpc) is 3.04. The second kappa shape index (κ2) is 5.46. The molecule has 4 N–H and O–H groups in total. The molecule has 2 heterocycles. The number of hydrogen-bond donors (Lipinski definition) is 2. The van der Waals surface area contributed by atoms with E-state index in [1.807, 2.05) is 12.1 Å². The van der Waals surface area contributed by atoms with Crippen molar-refractivity contribution in [3.63, 3.8) is 0 Å². The predicted molar refractivity (Wildman–Crippen MR) is 82.5 cm³/mol. The zero-order valence-corrected chi connectivity index (χ0v) is 12.3. The highest BCUT2D eigenvalue weighted by molar-refractivity contribution is 7.17. The average molecular weight is 303 g/mol. The molecule has 1 aliphatic rings. The highest BCUT2D eigenvalue weighted by atomic mass is 32.1. The normalized spacial score (nSPS) is 22.7. The molecule has 2 atom stereocenters. The molecule has 2 unspecified atom stereocenters. The number of carbonyl (C=O) groups is 2. The molecule has 110 valence electrons. The zero-order valence-electron chi connectivity index (χ0n) is 11.5. The zero-order chi connectivity index (χ0) is 15.0. The van der Waals surface area contributed by atoms with Gasteiger partial charge in [-0.15, -0.1) is 11.3 Å². The first-order valence-corrected chi connectivity index (χ1v) is 7.70. The van der Waals surface area contributed by atoms with E-state index in [0.717, 1.165) is 0 Å². The van der Waals surface area contributed by atoms with Gasteiger partial charge >= 0.3 is 0 Å². The Balaban J connectivity index is 1.80. The molecule has 1 aromatic heterocycles. The molecule has 1 saturated heterocycles. The van der Waals surface area contributed by atoms with Crippen LogP contribution in [0.1, 0.15) is 5.56 Å². The van der Waals surface area contributed by atoms with Gasteiger partial charge in [-0.3, -0.25) is 14.5 Å². The van der Waals surface area contributed by atoms with E-state index < -0.39 is 23.7 Å². The van der Waals surface area contributed by atoms with E-state index in [1.54, 1.807) is 11.3 Å². The van der Waals surface area contributed by atoms with E-state index in [4.69, 9.17) is 11.5 Å². The Kier molecular flexibility index (Phi) is 3.65. The van der Waals surface area contributed by atoms with E-state index in [-0.39, 0.29) is 0 Å². The standard InChI is InChI=1S/C15H17N3O2S/c16-14(19)11-6-18(7-12(11)15(17)20)5-9-8-21-13-4-2-1-3-10(9)13/h1-4,8,11-12H,5-7H2,(H2,16,19)(H2,17,20). The monoisotopic (exact) mass is 303 g/mol. The minimum Gasteiger partial charge on any atom is -0.369 e. The third kappa shape index (κ3) is 2.64. The van der Waals surface area contributed by atoms with Crippen molar-refractivity contribution in [2.24, 2.45) is 23.3 Å². The second-order valence-corrected chi connectivity index (χ2v) is 6.38. The summed E-state index contributed by atoms with van der Waals surface area (Å²) in [6.45, 7) is 1.69. The van der Waals surface area contributed by atoms with Gasteiger partial charge in [-0.1, -0.05) is 18.2 Å². The molecule has 6 heteroatoms. The third-order valence-corrected chi connectivity index (χ3v) is 5.09. The summed E-state index contributed by atoms with van der Waals surface area (Å²) in [6.07, 6.45) is 0.